The minimum Gasteiger partial charge on any atom is -0.484 e. The molecule has 1 aromatic heterocycles. The van der Waals surface area contributed by atoms with Crippen molar-refractivity contribution in [2.45, 2.75) is 6.92 Å². The van der Waals surface area contributed by atoms with Crippen molar-refractivity contribution in [2.24, 2.45) is 0 Å². The Kier molecular flexibility index (Phi) is 4.70. The van der Waals surface area contributed by atoms with Gasteiger partial charge in [-0.1, -0.05) is 11.6 Å². The summed E-state index contributed by atoms with van der Waals surface area (Å²) in [6.45, 7) is 1.28. The predicted octanol–water partition coefficient (Wildman–Crippen LogP) is 3.02. The molecule has 0 atom stereocenters. The van der Waals surface area contributed by atoms with Gasteiger partial charge in [-0.3, -0.25) is 14.9 Å². The van der Waals surface area contributed by atoms with Gasteiger partial charge in [0.25, 0.3) is 5.91 Å². The fourth-order valence-corrected chi connectivity index (χ4v) is 2.22. The average Bonchev–Trinajstić information content (AvgIpc) is 2.87. The van der Waals surface area contributed by atoms with Crippen molar-refractivity contribution in [2.75, 3.05) is 11.9 Å². The molecule has 2 rings (SSSR count). The summed E-state index contributed by atoms with van der Waals surface area (Å²) in [6.07, 6.45) is 0. The molecule has 0 aliphatic rings. The number of nitrogens with zero attached hydrogens (tertiary/aromatic N) is 1. The first-order valence-electron chi connectivity index (χ1n) is 5.69. The zero-order valence-corrected chi connectivity index (χ0v) is 12.1. The molecule has 7 heteroatoms. The van der Waals surface area contributed by atoms with Crippen LogP contribution >= 0.6 is 22.9 Å². The molecule has 2 aromatic rings. The highest BCUT2D eigenvalue weighted by Gasteiger charge is 2.09. The van der Waals surface area contributed by atoms with Crippen LogP contribution in [0.15, 0.2) is 29.6 Å². The molecule has 0 saturated carbocycles. The summed E-state index contributed by atoms with van der Waals surface area (Å²) < 4.78 is 5.29. The molecule has 0 aliphatic carbocycles. The Morgan fingerprint density at radius 1 is 1.35 bits per heavy atom. The Morgan fingerprint density at radius 3 is 2.65 bits per heavy atom. The number of hydrogen-bond acceptors (Lipinski definition) is 5. The highest BCUT2D eigenvalue weighted by Crippen LogP contribution is 2.17. The van der Waals surface area contributed by atoms with Gasteiger partial charge in [-0.25, -0.2) is 4.98 Å². The third kappa shape index (κ3) is 4.04. The first kappa shape index (κ1) is 14.5. The van der Waals surface area contributed by atoms with Crippen molar-refractivity contribution in [1.82, 2.24) is 4.98 Å². The summed E-state index contributed by atoms with van der Waals surface area (Å²) in [6, 6.07) is 6.70. The van der Waals surface area contributed by atoms with Crippen molar-refractivity contribution in [3.63, 3.8) is 0 Å². The number of amides is 1. The van der Waals surface area contributed by atoms with E-state index < -0.39 is 0 Å². The number of carbonyl (C=O) groups excluding carboxylic acids is 2. The number of benzene rings is 1. The molecule has 0 saturated heterocycles. The summed E-state index contributed by atoms with van der Waals surface area (Å²) in [5, 5.41) is 5.13. The van der Waals surface area contributed by atoms with Gasteiger partial charge in [0.1, 0.15) is 11.4 Å². The van der Waals surface area contributed by atoms with E-state index in [0.717, 1.165) is 0 Å². The van der Waals surface area contributed by atoms with Crippen molar-refractivity contribution in [3.8, 4) is 5.75 Å². The summed E-state index contributed by atoms with van der Waals surface area (Å²) in [5.41, 5.74) is 0.337. The quantitative estimate of drug-likeness (QED) is 0.862. The van der Waals surface area contributed by atoms with Crippen LogP contribution in [0.25, 0.3) is 0 Å². The number of Topliss-reactive ketones (excluding diaryl/α,β-unsaturated/α-hetero) is 1. The number of rotatable bonds is 5. The van der Waals surface area contributed by atoms with Gasteiger partial charge in [0.05, 0.1) is 0 Å². The van der Waals surface area contributed by atoms with E-state index in [0.29, 0.717) is 21.6 Å². The van der Waals surface area contributed by atoms with Crippen molar-refractivity contribution in [1.29, 1.82) is 0 Å². The molecule has 0 radical (unpaired) electrons. The zero-order chi connectivity index (χ0) is 14.5. The van der Waals surface area contributed by atoms with Crippen LogP contribution < -0.4 is 10.1 Å². The number of anilines is 1. The second-order valence-corrected chi connectivity index (χ2v) is 5.18. The van der Waals surface area contributed by atoms with Crippen LogP contribution in [0.2, 0.25) is 5.02 Å². The highest BCUT2D eigenvalue weighted by atomic mass is 35.5. The molecule has 0 bridgehead atoms. The standard InChI is InChI=1S/C13H11ClN2O3S/c1-8(17)11-7-20-13(15-11)16-12(18)6-19-10-4-2-9(14)3-5-10/h2-5,7H,6H2,1H3,(H,15,16,18). The van der Waals surface area contributed by atoms with E-state index in [2.05, 4.69) is 10.3 Å². The third-order valence-electron chi connectivity index (χ3n) is 2.29. The van der Waals surface area contributed by atoms with Gasteiger partial charge in [-0.05, 0) is 24.3 Å². The fraction of sp³-hybridized carbons (Fsp3) is 0.154. The lowest BCUT2D eigenvalue weighted by atomic mass is 10.3. The second-order valence-electron chi connectivity index (χ2n) is 3.88. The van der Waals surface area contributed by atoms with E-state index in [1.54, 1.807) is 29.6 Å². The third-order valence-corrected chi connectivity index (χ3v) is 3.30. The van der Waals surface area contributed by atoms with Crippen molar-refractivity contribution in [3.05, 3.63) is 40.4 Å². The molecule has 1 amide bonds. The Hall–Kier alpha value is -1.92. The van der Waals surface area contributed by atoms with Gasteiger partial charge in [0.15, 0.2) is 17.5 Å². The summed E-state index contributed by atoms with van der Waals surface area (Å²) >= 11 is 6.93. The largest absolute Gasteiger partial charge is 0.484 e. The van der Waals surface area contributed by atoms with Gasteiger partial charge in [0, 0.05) is 17.3 Å². The molecule has 1 heterocycles. The van der Waals surface area contributed by atoms with Crippen LogP contribution in [-0.4, -0.2) is 23.3 Å². The number of nitrogens with one attached hydrogen (secondary N) is 1. The monoisotopic (exact) mass is 310 g/mol. The first-order valence-corrected chi connectivity index (χ1v) is 6.95. The van der Waals surface area contributed by atoms with Crippen LogP contribution in [-0.2, 0) is 4.79 Å². The van der Waals surface area contributed by atoms with Gasteiger partial charge < -0.3 is 4.74 Å². The van der Waals surface area contributed by atoms with Crippen LogP contribution in [0.5, 0.6) is 5.75 Å². The zero-order valence-electron chi connectivity index (χ0n) is 10.6. The summed E-state index contributed by atoms with van der Waals surface area (Å²) in [5.74, 6) is 0.0664. The lowest BCUT2D eigenvalue weighted by molar-refractivity contribution is -0.118. The summed E-state index contributed by atoms with van der Waals surface area (Å²) in [4.78, 5) is 26.7. The lowest BCUT2D eigenvalue weighted by Crippen LogP contribution is -2.20. The lowest BCUT2D eigenvalue weighted by Gasteiger charge is -2.05. The Labute approximate surface area is 124 Å². The number of hydrogen-bond donors (Lipinski definition) is 1. The Balaban J connectivity index is 1.85. The fourth-order valence-electron chi connectivity index (χ4n) is 1.33. The number of ether oxygens (including phenoxy) is 1. The molecular formula is C13H11ClN2O3S. The molecule has 1 aromatic carbocycles. The first-order chi connectivity index (χ1) is 9.54. The van der Waals surface area contributed by atoms with Crippen molar-refractivity contribution < 1.29 is 14.3 Å². The topological polar surface area (TPSA) is 68.3 Å². The molecule has 0 aliphatic heterocycles. The molecule has 1 N–H and O–H groups in total. The van der Waals surface area contributed by atoms with E-state index in [1.807, 2.05) is 0 Å². The Bertz CT molecular complexity index is 625. The van der Waals surface area contributed by atoms with E-state index in [4.69, 9.17) is 16.3 Å². The second kappa shape index (κ2) is 6.49. The molecular weight excluding hydrogens is 300 g/mol. The maximum absolute atomic E-state index is 11.7. The van der Waals surface area contributed by atoms with Crippen LogP contribution in [0.4, 0.5) is 5.13 Å². The normalized spacial score (nSPS) is 10.1. The summed E-state index contributed by atoms with van der Waals surface area (Å²) in [7, 11) is 0. The van der Waals surface area contributed by atoms with Crippen molar-refractivity contribution >= 4 is 39.8 Å². The number of halogens is 1. The number of aromatic nitrogens is 1. The van der Waals surface area contributed by atoms with Gasteiger partial charge in [0.2, 0.25) is 0 Å². The number of thiazole rings is 1. The van der Waals surface area contributed by atoms with Crippen LogP contribution in [0, 0.1) is 0 Å². The number of carbonyl (C=O) groups is 2. The van der Waals surface area contributed by atoms with Crippen LogP contribution in [0.3, 0.4) is 0 Å². The molecule has 0 fully saturated rings. The molecule has 104 valence electrons. The predicted molar refractivity (Wildman–Crippen MR) is 77.7 cm³/mol. The van der Waals surface area contributed by atoms with Gasteiger partial charge >= 0.3 is 0 Å². The maximum Gasteiger partial charge on any atom is 0.264 e. The molecule has 0 unspecified atom stereocenters. The van der Waals surface area contributed by atoms with E-state index >= 15 is 0 Å². The SMILES string of the molecule is CC(=O)c1csc(NC(=O)COc2ccc(Cl)cc2)n1. The van der Waals surface area contributed by atoms with Gasteiger partial charge in [-0.2, -0.15) is 0 Å². The minimum absolute atomic E-state index is 0.140. The van der Waals surface area contributed by atoms with Crippen LogP contribution in [0.1, 0.15) is 17.4 Å². The maximum atomic E-state index is 11.7. The van der Waals surface area contributed by atoms with E-state index in [9.17, 15) is 9.59 Å². The Morgan fingerprint density at radius 2 is 2.05 bits per heavy atom. The molecule has 5 nitrogen and oxygen atoms in total. The highest BCUT2D eigenvalue weighted by molar-refractivity contribution is 7.14. The molecule has 20 heavy (non-hydrogen) atoms. The van der Waals surface area contributed by atoms with E-state index in [1.165, 1.54) is 18.3 Å². The average molecular weight is 311 g/mol. The smallest absolute Gasteiger partial charge is 0.264 e. The number of ketones is 1. The minimum atomic E-state index is -0.343. The van der Waals surface area contributed by atoms with Gasteiger partial charge in [-0.15, -0.1) is 11.3 Å². The molecule has 0 spiro atoms. The van der Waals surface area contributed by atoms with E-state index in [-0.39, 0.29) is 18.3 Å².